The zero-order valence-electron chi connectivity index (χ0n) is 9.85. The minimum absolute atomic E-state index is 0.0583. The lowest BCUT2D eigenvalue weighted by molar-refractivity contribution is -0.275. The molecule has 106 valence electrons. The summed E-state index contributed by atoms with van der Waals surface area (Å²) in [5, 5.41) is -0.117. The van der Waals surface area contributed by atoms with Crippen molar-refractivity contribution in [2.75, 3.05) is 14.2 Å². The van der Waals surface area contributed by atoms with Crippen LogP contribution < -0.4 is 0 Å². The molecule has 1 atom stereocenters. The molecule has 0 fully saturated rings. The highest BCUT2D eigenvalue weighted by molar-refractivity contribution is 6.34. The van der Waals surface area contributed by atoms with Crippen LogP contribution in [0.2, 0.25) is 10.0 Å². The van der Waals surface area contributed by atoms with E-state index in [4.69, 9.17) is 23.2 Å². The molecule has 0 bridgehead atoms. The van der Waals surface area contributed by atoms with Crippen LogP contribution in [0.15, 0.2) is 18.2 Å². The highest BCUT2D eigenvalue weighted by Gasteiger charge is 2.64. The van der Waals surface area contributed by atoms with Crippen LogP contribution in [0.25, 0.3) is 0 Å². The van der Waals surface area contributed by atoms with Crippen molar-refractivity contribution in [1.82, 2.24) is 0 Å². The summed E-state index contributed by atoms with van der Waals surface area (Å²) in [6, 6.07) is 3.13. The van der Waals surface area contributed by atoms with E-state index in [1.807, 2.05) is 0 Å². The van der Waals surface area contributed by atoms with Crippen LogP contribution >= 0.6 is 23.2 Å². The van der Waals surface area contributed by atoms with Crippen LogP contribution in [0, 0.1) is 0 Å². The largest absolute Gasteiger partial charge is 0.466 e. The Hall–Kier alpha value is -0.980. The second-order valence-electron chi connectivity index (χ2n) is 3.53. The first-order valence-corrected chi connectivity index (χ1v) is 5.61. The molecule has 19 heavy (non-hydrogen) atoms. The molecule has 3 nitrogen and oxygen atoms in total. The fourth-order valence-electron chi connectivity index (χ4n) is 1.61. The molecular formula is C11H9Cl2F3O3. The Morgan fingerprint density at radius 2 is 1.58 bits per heavy atom. The van der Waals surface area contributed by atoms with E-state index in [-0.39, 0.29) is 10.0 Å². The molecular weight excluding hydrogens is 308 g/mol. The molecule has 0 saturated carbocycles. The number of carbonyl (C=O) groups is 1. The smallest absolute Gasteiger partial charge is 0.432 e. The topological polar surface area (TPSA) is 35.5 Å². The maximum absolute atomic E-state index is 13.3. The Morgan fingerprint density at radius 1 is 1.11 bits per heavy atom. The van der Waals surface area contributed by atoms with Crippen molar-refractivity contribution in [3.8, 4) is 0 Å². The Morgan fingerprint density at radius 3 is 1.89 bits per heavy atom. The first-order chi connectivity index (χ1) is 8.68. The number of benzene rings is 1. The van der Waals surface area contributed by atoms with Crippen LogP contribution in [0.4, 0.5) is 13.2 Å². The summed E-state index contributed by atoms with van der Waals surface area (Å²) < 4.78 is 48.4. The third-order valence-electron chi connectivity index (χ3n) is 2.45. The molecule has 0 aliphatic rings. The molecule has 1 unspecified atom stereocenters. The second-order valence-corrected chi connectivity index (χ2v) is 4.41. The SMILES string of the molecule is COC(=O)C(OC)(c1cc(Cl)cc(Cl)c1)C(F)(F)F. The quantitative estimate of drug-likeness (QED) is 0.800. The van der Waals surface area contributed by atoms with E-state index in [0.717, 1.165) is 26.4 Å². The number of halogens is 5. The first kappa shape index (κ1) is 16.1. The number of carbonyl (C=O) groups excluding carboxylic acids is 1. The third-order valence-corrected chi connectivity index (χ3v) is 2.88. The Labute approximate surface area is 117 Å². The number of hydrogen-bond acceptors (Lipinski definition) is 3. The van der Waals surface area contributed by atoms with Gasteiger partial charge < -0.3 is 9.47 Å². The Bertz CT molecular complexity index is 470. The summed E-state index contributed by atoms with van der Waals surface area (Å²) in [5.41, 5.74) is -3.82. The van der Waals surface area contributed by atoms with Crippen molar-refractivity contribution >= 4 is 29.2 Å². The molecule has 0 saturated heterocycles. The molecule has 0 spiro atoms. The molecule has 0 aliphatic carbocycles. The highest BCUT2D eigenvalue weighted by Crippen LogP contribution is 2.44. The van der Waals surface area contributed by atoms with Gasteiger partial charge in [-0.25, -0.2) is 4.79 Å². The summed E-state index contributed by atoms with van der Waals surface area (Å²) in [7, 11) is 1.58. The van der Waals surface area contributed by atoms with E-state index in [9.17, 15) is 18.0 Å². The maximum Gasteiger partial charge on any atom is 0.432 e. The average molecular weight is 317 g/mol. The van der Waals surface area contributed by atoms with Gasteiger partial charge in [-0.15, -0.1) is 0 Å². The molecule has 0 aromatic heterocycles. The predicted molar refractivity (Wildman–Crippen MR) is 63.2 cm³/mol. The van der Waals surface area contributed by atoms with Crippen molar-refractivity contribution < 1.29 is 27.4 Å². The predicted octanol–water partition coefficient (Wildman–Crippen LogP) is 3.57. The number of alkyl halides is 3. The summed E-state index contributed by atoms with van der Waals surface area (Å²) in [6.45, 7) is 0. The van der Waals surface area contributed by atoms with Crippen LogP contribution in [0.1, 0.15) is 5.56 Å². The Balaban J connectivity index is 3.59. The molecule has 0 aliphatic heterocycles. The van der Waals surface area contributed by atoms with E-state index in [1.54, 1.807) is 0 Å². The molecule has 0 heterocycles. The molecule has 0 N–H and O–H groups in total. The van der Waals surface area contributed by atoms with Gasteiger partial charge in [0.25, 0.3) is 5.60 Å². The van der Waals surface area contributed by atoms with Gasteiger partial charge in [-0.1, -0.05) is 23.2 Å². The normalized spacial score (nSPS) is 14.9. The third kappa shape index (κ3) is 2.80. The molecule has 1 rings (SSSR count). The Kier molecular flexibility index (Phi) is 4.71. The molecule has 1 aromatic rings. The molecule has 0 amide bonds. The fourth-order valence-corrected chi connectivity index (χ4v) is 2.14. The lowest BCUT2D eigenvalue weighted by Gasteiger charge is -2.32. The van der Waals surface area contributed by atoms with E-state index in [0.29, 0.717) is 0 Å². The molecule has 0 radical (unpaired) electrons. The van der Waals surface area contributed by atoms with Crippen molar-refractivity contribution in [3.63, 3.8) is 0 Å². The zero-order chi connectivity index (χ0) is 14.8. The molecule has 1 aromatic carbocycles. The van der Waals surface area contributed by atoms with Crippen LogP contribution in [-0.2, 0) is 19.9 Å². The monoisotopic (exact) mass is 316 g/mol. The summed E-state index contributed by atoms with van der Waals surface area (Å²) in [4.78, 5) is 11.6. The van der Waals surface area contributed by atoms with Crippen molar-refractivity contribution in [3.05, 3.63) is 33.8 Å². The fraction of sp³-hybridized carbons (Fsp3) is 0.364. The minimum atomic E-state index is -5.04. The number of esters is 1. The van der Waals surface area contributed by atoms with Crippen LogP contribution in [0.3, 0.4) is 0 Å². The summed E-state index contributed by atoms with van der Waals surface area (Å²) in [5.74, 6) is -1.61. The van der Waals surface area contributed by atoms with Gasteiger partial charge in [-0.3, -0.25) is 0 Å². The minimum Gasteiger partial charge on any atom is -0.466 e. The maximum atomic E-state index is 13.3. The van der Waals surface area contributed by atoms with Gasteiger partial charge in [0.05, 0.1) is 7.11 Å². The van der Waals surface area contributed by atoms with E-state index < -0.39 is 23.3 Å². The zero-order valence-corrected chi connectivity index (χ0v) is 11.4. The van der Waals surface area contributed by atoms with Crippen molar-refractivity contribution in [2.24, 2.45) is 0 Å². The lowest BCUT2D eigenvalue weighted by Crippen LogP contribution is -2.51. The van der Waals surface area contributed by atoms with Gasteiger partial charge in [-0.05, 0) is 18.2 Å². The number of ether oxygens (including phenoxy) is 2. The van der Waals surface area contributed by atoms with Crippen LogP contribution in [0.5, 0.6) is 0 Å². The van der Waals surface area contributed by atoms with Gasteiger partial charge in [-0.2, -0.15) is 13.2 Å². The summed E-state index contributed by atoms with van der Waals surface area (Å²) in [6.07, 6.45) is -5.04. The van der Waals surface area contributed by atoms with Crippen LogP contribution in [-0.4, -0.2) is 26.4 Å². The van der Waals surface area contributed by atoms with Gasteiger partial charge in [0.15, 0.2) is 0 Å². The molecule has 8 heteroatoms. The second kappa shape index (κ2) is 5.56. The van der Waals surface area contributed by atoms with Gasteiger partial charge in [0, 0.05) is 22.7 Å². The number of methoxy groups -OCH3 is 2. The van der Waals surface area contributed by atoms with E-state index in [2.05, 4.69) is 9.47 Å². The van der Waals surface area contributed by atoms with E-state index in [1.165, 1.54) is 6.07 Å². The van der Waals surface area contributed by atoms with Gasteiger partial charge >= 0.3 is 12.1 Å². The highest BCUT2D eigenvalue weighted by atomic mass is 35.5. The van der Waals surface area contributed by atoms with E-state index >= 15 is 0 Å². The van der Waals surface area contributed by atoms with Crippen molar-refractivity contribution in [2.45, 2.75) is 11.8 Å². The lowest BCUT2D eigenvalue weighted by atomic mass is 9.92. The average Bonchev–Trinajstić information content (AvgIpc) is 2.27. The summed E-state index contributed by atoms with van der Waals surface area (Å²) >= 11 is 11.3. The van der Waals surface area contributed by atoms with Gasteiger partial charge in [0.2, 0.25) is 0 Å². The van der Waals surface area contributed by atoms with Gasteiger partial charge in [0.1, 0.15) is 0 Å². The van der Waals surface area contributed by atoms with Crippen molar-refractivity contribution in [1.29, 1.82) is 0 Å². The number of rotatable bonds is 3. The first-order valence-electron chi connectivity index (χ1n) is 4.86. The standard InChI is InChI=1S/C11H9Cl2F3O3/c1-18-9(17)10(19-2,11(14,15)16)6-3-7(12)5-8(13)4-6/h3-5H,1-2H3. The number of hydrogen-bond donors (Lipinski definition) is 0.